The molecule has 0 amide bonds. The Bertz CT molecular complexity index is 1220. The number of carbonyl (C=O) groups is 1. The van der Waals surface area contributed by atoms with Crippen LogP contribution in [-0.2, 0) is 32.0 Å². The summed E-state index contributed by atoms with van der Waals surface area (Å²) in [6, 6.07) is 7.86. The Balaban J connectivity index is 1.99. The standard InChI is InChI=1S/C18H18N4O5/c1-4-22-16(24)13-8-6-5-7-12(13)15(19-22)17(25)27-10-11-9-14(23)21(3)18(26)20(11)2/h5-9H,4,10H2,1-3H3. The van der Waals surface area contributed by atoms with E-state index < -0.39 is 17.2 Å². The normalized spacial score (nSPS) is 10.9. The third kappa shape index (κ3) is 3.19. The molecule has 140 valence electrons. The minimum atomic E-state index is -0.749. The number of esters is 1. The molecule has 1 aromatic carbocycles. The minimum absolute atomic E-state index is 0.000818. The van der Waals surface area contributed by atoms with Crippen molar-refractivity contribution in [1.29, 1.82) is 0 Å². The molecule has 0 unspecified atom stereocenters. The van der Waals surface area contributed by atoms with E-state index in [1.165, 1.54) is 29.4 Å². The third-order valence-electron chi connectivity index (χ3n) is 4.34. The molecular weight excluding hydrogens is 352 g/mol. The van der Waals surface area contributed by atoms with E-state index in [2.05, 4.69) is 5.10 Å². The monoisotopic (exact) mass is 370 g/mol. The van der Waals surface area contributed by atoms with Gasteiger partial charge < -0.3 is 4.74 Å². The van der Waals surface area contributed by atoms with Crippen molar-refractivity contribution in [2.24, 2.45) is 14.1 Å². The van der Waals surface area contributed by atoms with E-state index in [4.69, 9.17) is 4.74 Å². The van der Waals surface area contributed by atoms with E-state index in [9.17, 15) is 19.2 Å². The van der Waals surface area contributed by atoms with E-state index in [-0.39, 0.29) is 23.6 Å². The van der Waals surface area contributed by atoms with Gasteiger partial charge in [-0.15, -0.1) is 0 Å². The SMILES string of the molecule is CCn1nc(C(=O)OCc2cc(=O)n(C)c(=O)n2C)c2ccccc2c1=O. The molecule has 27 heavy (non-hydrogen) atoms. The molecule has 0 aliphatic rings. The molecule has 0 aliphatic carbocycles. The highest BCUT2D eigenvalue weighted by molar-refractivity contribution is 6.02. The summed E-state index contributed by atoms with van der Waals surface area (Å²) in [5, 5.41) is 4.85. The zero-order valence-electron chi connectivity index (χ0n) is 15.1. The third-order valence-corrected chi connectivity index (χ3v) is 4.34. The molecule has 2 aromatic heterocycles. The largest absolute Gasteiger partial charge is 0.454 e. The Hall–Kier alpha value is -3.49. The van der Waals surface area contributed by atoms with Gasteiger partial charge in [0.05, 0.1) is 11.1 Å². The fourth-order valence-electron chi connectivity index (χ4n) is 2.72. The van der Waals surface area contributed by atoms with E-state index in [0.29, 0.717) is 17.3 Å². The molecule has 0 saturated heterocycles. The van der Waals surface area contributed by atoms with Crippen molar-refractivity contribution >= 4 is 16.7 Å². The maximum absolute atomic E-state index is 12.6. The highest BCUT2D eigenvalue weighted by Crippen LogP contribution is 2.14. The van der Waals surface area contributed by atoms with Crippen LogP contribution < -0.4 is 16.8 Å². The van der Waals surface area contributed by atoms with Crippen LogP contribution in [0.4, 0.5) is 0 Å². The summed E-state index contributed by atoms with van der Waals surface area (Å²) in [5.41, 5.74) is -1.05. The topological polar surface area (TPSA) is 105 Å². The van der Waals surface area contributed by atoms with Gasteiger partial charge in [-0.1, -0.05) is 18.2 Å². The molecule has 0 atom stereocenters. The number of rotatable bonds is 4. The van der Waals surface area contributed by atoms with E-state index in [1.807, 2.05) is 0 Å². The quantitative estimate of drug-likeness (QED) is 0.606. The summed E-state index contributed by atoms with van der Waals surface area (Å²) in [7, 11) is 2.85. The molecule has 0 N–H and O–H groups in total. The van der Waals surface area contributed by atoms with Gasteiger partial charge in [-0.3, -0.25) is 18.7 Å². The molecule has 3 aromatic rings. The zero-order chi connectivity index (χ0) is 19.7. The molecule has 0 spiro atoms. The van der Waals surface area contributed by atoms with Gasteiger partial charge in [0.1, 0.15) is 6.61 Å². The Kier molecular flexibility index (Phi) is 4.76. The molecular formula is C18H18N4O5. The number of aromatic nitrogens is 4. The van der Waals surface area contributed by atoms with Crippen LogP contribution in [0.5, 0.6) is 0 Å². The summed E-state index contributed by atoms with van der Waals surface area (Å²) in [6.07, 6.45) is 0. The smallest absolute Gasteiger partial charge is 0.359 e. The molecule has 2 heterocycles. The van der Waals surface area contributed by atoms with Crippen molar-refractivity contribution in [3.8, 4) is 0 Å². The first-order valence-electron chi connectivity index (χ1n) is 8.28. The van der Waals surface area contributed by atoms with Crippen LogP contribution in [0.2, 0.25) is 0 Å². The van der Waals surface area contributed by atoms with Gasteiger partial charge in [-0.2, -0.15) is 5.10 Å². The predicted octanol–water partition coefficient (Wildman–Crippen LogP) is 0.171. The summed E-state index contributed by atoms with van der Waals surface area (Å²) < 4.78 is 8.64. The second-order valence-corrected chi connectivity index (χ2v) is 5.97. The Morgan fingerprint density at radius 3 is 2.41 bits per heavy atom. The number of hydrogen-bond donors (Lipinski definition) is 0. The maximum atomic E-state index is 12.6. The Labute approximate surface area is 153 Å². The van der Waals surface area contributed by atoms with Crippen molar-refractivity contribution in [3.63, 3.8) is 0 Å². The molecule has 0 radical (unpaired) electrons. The lowest BCUT2D eigenvalue weighted by Gasteiger charge is -2.11. The highest BCUT2D eigenvalue weighted by Gasteiger charge is 2.18. The number of benzene rings is 1. The van der Waals surface area contributed by atoms with Crippen LogP contribution in [0.15, 0.2) is 44.7 Å². The van der Waals surface area contributed by atoms with E-state index >= 15 is 0 Å². The number of fused-ring (bicyclic) bond motifs is 1. The van der Waals surface area contributed by atoms with Crippen LogP contribution in [0.3, 0.4) is 0 Å². The predicted molar refractivity (Wildman–Crippen MR) is 97.7 cm³/mol. The summed E-state index contributed by atoms with van der Waals surface area (Å²) in [6.45, 7) is 1.77. The van der Waals surface area contributed by atoms with Gasteiger partial charge in [-0.25, -0.2) is 14.3 Å². The van der Waals surface area contributed by atoms with Crippen molar-refractivity contribution < 1.29 is 9.53 Å². The Morgan fingerprint density at radius 1 is 1.07 bits per heavy atom. The van der Waals surface area contributed by atoms with Gasteiger partial charge in [-0.05, 0) is 13.0 Å². The lowest BCUT2D eigenvalue weighted by molar-refractivity contribution is 0.0455. The maximum Gasteiger partial charge on any atom is 0.359 e. The number of hydrogen-bond acceptors (Lipinski definition) is 6. The second-order valence-electron chi connectivity index (χ2n) is 5.97. The average molecular weight is 370 g/mol. The number of nitrogens with zero attached hydrogens (tertiary/aromatic N) is 4. The Morgan fingerprint density at radius 2 is 1.74 bits per heavy atom. The van der Waals surface area contributed by atoms with Gasteiger partial charge >= 0.3 is 11.7 Å². The van der Waals surface area contributed by atoms with E-state index in [1.54, 1.807) is 31.2 Å². The van der Waals surface area contributed by atoms with Gasteiger partial charge in [0.25, 0.3) is 11.1 Å². The molecule has 9 heteroatoms. The average Bonchev–Trinajstić information content (AvgIpc) is 2.68. The lowest BCUT2D eigenvalue weighted by atomic mass is 10.1. The van der Waals surface area contributed by atoms with Crippen LogP contribution >= 0.6 is 0 Å². The lowest BCUT2D eigenvalue weighted by Crippen LogP contribution is -2.38. The van der Waals surface area contributed by atoms with Gasteiger partial charge in [0.15, 0.2) is 5.69 Å². The highest BCUT2D eigenvalue weighted by atomic mass is 16.5. The van der Waals surface area contributed by atoms with Crippen molar-refractivity contribution in [2.45, 2.75) is 20.1 Å². The number of aryl methyl sites for hydroxylation is 1. The fraction of sp³-hybridized carbons (Fsp3) is 0.278. The second kappa shape index (κ2) is 7.02. The molecule has 0 bridgehead atoms. The van der Waals surface area contributed by atoms with Crippen LogP contribution in [-0.4, -0.2) is 24.9 Å². The zero-order valence-corrected chi connectivity index (χ0v) is 15.1. The first-order valence-corrected chi connectivity index (χ1v) is 8.28. The molecule has 9 nitrogen and oxygen atoms in total. The van der Waals surface area contributed by atoms with Gasteiger partial charge in [0.2, 0.25) is 0 Å². The molecule has 0 fully saturated rings. The summed E-state index contributed by atoms with van der Waals surface area (Å²) >= 11 is 0. The van der Waals surface area contributed by atoms with Crippen molar-refractivity contribution in [3.05, 3.63) is 72.9 Å². The van der Waals surface area contributed by atoms with Crippen LogP contribution in [0.25, 0.3) is 10.8 Å². The van der Waals surface area contributed by atoms with Crippen LogP contribution in [0, 0.1) is 0 Å². The molecule has 0 aliphatic heterocycles. The molecule has 3 rings (SSSR count). The van der Waals surface area contributed by atoms with Crippen LogP contribution in [0.1, 0.15) is 23.1 Å². The van der Waals surface area contributed by atoms with Gasteiger partial charge in [0, 0.05) is 32.1 Å². The minimum Gasteiger partial charge on any atom is -0.454 e. The first kappa shape index (κ1) is 18.3. The number of carbonyl (C=O) groups excluding carboxylic acids is 1. The number of ether oxygens (including phenoxy) is 1. The fourth-order valence-corrected chi connectivity index (χ4v) is 2.72. The summed E-state index contributed by atoms with van der Waals surface area (Å²) in [4.78, 5) is 48.7. The van der Waals surface area contributed by atoms with Crippen molar-refractivity contribution in [1.82, 2.24) is 18.9 Å². The molecule has 0 saturated carbocycles. The van der Waals surface area contributed by atoms with E-state index in [0.717, 1.165) is 4.57 Å². The van der Waals surface area contributed by atoms with Crippen molar-refractivity contribution in [2.75, 3.05) is 0 Å². The first-order chi connectivity index (χ1) is 12.8. The summed E-state index contributed by atoms with van der Waals surface area (Å²) in [5.74, 6) is -0.749.